The van der Waals surface area contributed by atoms with Crippen molar-refractivity contribution in [2.24, 2.45) is 0 Å². The van der Waals surface area contributed by atoms with Gasteiger partial charge in [-0.1, -0.05) is 66.2 Å². The molecule has 1 aliphatic carbocycles. The van der Waals surface area contributed by atoms with Crippen molar-refractivity contribution in [1.29, 1.82) is 0 Å². The van der Waals surface area contributed by atoms with Crippen LogP contribution in [0.3, 0.4) is 0 Å². The number of hydrogen-bond acceptors (Lipinski definition) is 2. The van der Waals surface area contributed by atoms with Crippen LogP contribution in [0.15, 0.2) is 36.4 Å². The molecule has 0 saturated heterocycles. The average molecular weight is 370 g/mol. The predicted molar refractivity (Wildman–Crippen MR) is 111 cm³/mol. The Bertz CT molecular complexity index is 807. The van der Waals surface area contributed by atoms with E-state index in [1.165, 1.54) is 11.1 Å². The molecule has 144 valence electrons. The topological polar surface area (TPSA) is 26.3 Å². The van der Waals surface area contributed by atoms with Crippen LogP contribution in [-0.4, -0.2) is 5.97 Å². The van der Waals surface area contributed by atoms with Crippen molar-refractivity contribution in [3.05, 3.63) is 75.9 Å². The van der Waals surface area contributed by atoms with Gasteiger partial charge in [-0.25, -0.2) is 4.79 Å². The first-order chi connectivity index (χ1) is 12.8. The molecular formula is C25H31LiO2. The Morgan fingerprint density at radius 1 is 0.929 bits per heavy atom. The van der Waals surface area contributed by atoms with Crippen LogP contribution >= 0.6 is 0 Å². The largest absolute Gasteiger partial charge is 1.00 e. The van der Waals surface area contributed by atoms with Crippen LogP contribution in [0.5, 0.6) is 0 Å². The van der Waals surface area contributed by atoms with E-state index in [0.29, 0.717) is 5.92 Å². The first-order valence-electron chi connectivity index (χ1n) is 10.1. The molecule has 0 heterocycles. The number of hydrogen-bond donors (Lipinski definition) is 0. The number of benzene rings is 2. The summed E-state index contributed by atoms with van der Waals surface area (Å²) in [6.07, 6.45) is 2.55. The van der Waals surface area contributed by atoms with E-state index in [0.717, 1.165) is 41.2 Å². The molecule has 1 aliphatic rings. The molecule has 3 rings (SSSR count). The van der Waals surface area contributed by atoms with Gasteiger partial charge in [0.2, 0.25) is 0 Å². The molecule has 0 spiro atoms. The van der Waals surface area contributed by atoms with Gasteiger partial charge in [0.25, 0.3) is 0 Å². The second-order valence-electron chi connectivity index (χ2n) is 8.51. The molecule has 0 saturated carbocycles. The van der Waals surface area contributed by atoms with Crippen LogP contribution in [0.25, 0.3) is 0 Å². The fraction of sp³-hybridized carbons (Fsp3) is 0.440. The third-order valence-electron chi connectivity index (χ3n) is 5.49. The van der Waals surface area contributed by atoms with E-state index >= 15 is 0 Å². The fourth-order valence-electron chi connectivity index (χ4n) is 3.85. The molecule has 2 aromatic rings. The second kappa shape index (κ2) is 9.25. The van der Waals surface area contributed by atoms with Gasteiger partial charge in [0.1, 0.15) is 0 Å². The monoisotopic (exact) mass is 370 g/mol. The predicted octanol–water partition coefficient (Wildman–Crippen LogP) is 3.74. The molecule has 0 unspecified atom stereocenters. The molecule has 0 amide bonds. The van der Waals surface area contributed by atoms with Gasteiger partial charge in [0.05, 0.1) is 5.56 Å². The Balaban J connectivity index is 0.00000280. The number of carbonyl (C=O) groups excluding carboxylic acids is 1. The van der Waals surface area contributed by atoms with Gasteiger partial charge in [0, 0.05) is 6.10 Å². The Hall–Kier alpha value is -1.62. The van der Waals surface area contributed by atoms with E-state index in [9.17, 15) is 4.79 Å². The van der Waals surface area contributed by atoms with Crippen molar-refractivity contribution in [3.63, 3.8) is 0 Å². The molecular weight excluding hydrogens is 339 g/mol. The number of carbonyl (C=O) groups is 1. The van der Waals surface area contributed by atoms with Crippen LogP contribution < -0.4 is 18.9 Å². The minimum Gasteiger partial charge on any atom is -0.491 e. The van der Waals surface area contributed by atoms with Crippen LogP contribution in [-0.2, 0) is 11.2 Å². The van der Waals surface area contributed by atoms with E-state index < -0.39 is 0 Å². The van der Waals surface area contributed by atoms with Crippen molar-refractivity contribution in [2.75, 3.05) is 0 Å². The summed E-state index contributed by atoms with van der Waals surface area (Å²) in [4.78, 5) is 13.3. The van der Waals surface area contributed by atoms with Gasteiger partial charge in [0.15, 0.2) is 0 Å². The van der Waals surface area contributed by atoms with E-state index in [4.69, 9.17) is 4.74 Å². The van der Waals surface area contributed by atoms with E-state index in [1.54, 1.807) is 0 Å². The third-order valence-corrected chi connectivity index (χ3v) is 5.49. The Kier molecular flexibility index (Phi) is 7.49. The summed E-state index contributed by atoms with van der Waals surface area (Å²) in [5.74, 6) is 0.764. The fourth-order valence-corrected chi connectivity index (χ4v) is 3.85. The summed E-state index contributed by atoms with van der Waals surface area (Å²) in [6, 6.07) is 12.6. The first kappa shape index (κ1) is 22.7. The smallest absolute Gasteiger partial charge is 0.491 e. The Morgan fingerprint density at radius 2 is 1.50 bits per heavy atom. The van der Waals surface area contributed by atoms with Crippen molar-refractivity contribution >= 4 is 5.97 Å². The zero-order chi connectivity index (χ0) is 19.7. The second-order valence-corrected chi connectivity index (χ2v) is 8.51. The Morgan fingerprint density at radius 3 is 2.04 bits per heavy atom. The summed E-state index contributed by atoms with van der Waals surface area (Å²) in [5, 5.41) is 0. The quantitative estimate of drug-likeness (QED) is 0.455. The normalized spacial score (nSPS) is 13.1. The summed E-state index contributed by atoms with van der Waals surface area (Å²) >= 11 is 0. The maximum absolute atomic E-state index is 13.3. The first-order valence-corrected chi connectivity index (χ1v) is 10.1. The van der Waals surface area contributed by atoms with Gasteiger partial charge < -0.3 is 4.74 Å². The molecule has 3 heteroatoms. The molecule has 0 N–H and O–H groups in total. The minimum absolute atomic E-state index is 0. The molecule has 0 radical (unpaired) electrons. The molecule has 2 nitrogen and oxygen atoms in total. The minimum atomic E-state index is -0.204. The molecule has 0 bridgehead atoms. The van der Waals surface area contributed by atoms with Gasteiger partial charge in [-0.05, 0) is 40.9 Å². The van der Waals surface area contributed by atoms with Crippen molar-refractivity contribution in [2.45, 2.75) is 72.1 Å². The average Bonchev–Trinajstić information content (AvgIpc) is 3.03. The Labute approximate surface area is 182 Å². The van der Waals surface area contributed by atoms with Gasteiger partial charge in [-0.15, -0.1) is 23.3 Å². The van der Waals surface area contributed by atoms with E-state index in [-0.39, 0.29) is 36.7 Å². The molecule has 2 aromatic carbocycles. The molecule has 0 aromatic heterocycles. The van der Waals surface area contributed by atoms with Crippen molar-refractivity contribution < 1.29 is 28.4 Å². The standard InChI is InChI=1S/C25H31O2.Li/c1-15(2)19-13-21(16(3)4)24(22(14-19)17(5)6)25(26)27-23-12-11-18-9-7-8-10-20(18)23;/h7-10,13-17H,11-12H2,1-6H3;/q-1;+1. The van der Waals surface area contributed by atoms with Crippen LogP contribution in [0, 0.1) is 6.10 Å². The number of esters is 1. The summed E-state index contributed by atoms with van der Waals surface area (Å²) in [5.41, 5.74) is 6.60. The third kappa shape index (κ3) is 4.51. The number of ether oxygens (including phenoxy) is 1. The zero-order valence-corrected chi connectivity index (χ0v) is 18.4. The van der Waals surface area contributed by atoms with E-state index in [1.807, 2.05) is 12.1 Å². The van der Waals surface area contributed by atoms with Crippen molar-refractivity contribution in [3.8, 4) is 0 Å². The summed E-state index contributed by atoms with van der Waals surface area (Å²) in [6.45, 7) is 13.0. The van der Waals surface area contributed by atoms with Crippen LogP contribution in [0.2, 0.25) is 0 Å². The number of fused-ring (bicyclic) bond motifs is 1. The van der Waals surface area contributed by atoms with Crippen molar-refractivity contribution in [1.82, 2.24) is 0 Å². The summed E-state index contributed by atoms with van der Waals surface area (Å²) < 4.78 is 5.98. The molecule has 0 atom stereocenters. The van der Waals surface area contributed by atoms with Gasteiger partial charge in [-0.3, -0.25) is 0 Å². The van der Waals surface area contributed by atoms with Gasteiger partial charge >= 0.3 is 24.8 Å². The molecule has 28 heavy (non-hydrogen) atoms. The van der Waals surface area contributed by atoms with Gasteiger partial charge in [-0.2, -0.15) is 6.07 Å². The number of rotatable bonds is 5. The summed E-state index contributed by atoms with van der Waals surface area (Å²) in [7, 11) is 0. The van der Waals surface area contributed by atoms with Crippen LogP contribution in [0.4, 0.5) is 0 Å². The SMILES string of the molecule is CC(C)c1cc(C(C)C)c(C(=O)O[C-]2CCc3ccccc32)c(C(C)C)c1.[Li+]. The molecule has 0 fully saturated rings. The van der Waals surface area contributed by atoms with Crippen LogP contribution in [0.1, 0.15) is 104 Å². The maximum Gasteiger partial charge on any atom is 1.00 e. The maximum atomic E-state index is 13.3. The zero-order valence-electron chi connectivity index (χ0n) is 18.4. The molecule has 0 aliphatic heterocycles. The van der Waals surface area contributed by atoms with E-state index in [2.05, 4.69) is 65.8 Å². The number of aryl methyl sites for hydroxylation is 1.